The predicted octanol–water partition coefficient (Wildman–Crippen LogP) is 1.04. The Kier molecular flexibility index (Phi) is 3.26. The highest BCUT2D eigenvalue weighted by molar-refractivity contribution is 7.93. The highest BCUT2D eigenvalue weighted by Crippen LogP contribution is 2.23. The number of hydrogen-bond donors (Lipinski definition) is 2. The molecule has 2 aromatic rings. The molecule has 7 nitrogen and oxygen atoms in total. The average molecular weight is 285 g/mol. The van der Waals surface area contributed by atoms with Crippen LogP contribution in [0.15, 0.2) is 34.9 Å². The van der Waals surface area contributed by atoms with Crippen molar-refractivity contribution in [1.29, 1.82) is 0 Å². The lowest BCUT2D eigenvalue weighted by atomic mass is 10.5. The molecule has 2 heterocycles. The van der Waals surface area contributed by atoms with E-state index < -0.39 is 16.0 Å². The van der Waals surface area contributed by atoms with Crippen LogP contribution in [0.25, 0.3) is 0 Å². The van der Waals surface area contributed by atoms with E-state index in [1.54, 1.807) is 0 Å². The maximum absolute atomic E-state index is 11.9. The number of nitrogens with zero attached hydrogens (tertiary/aromatic N) is 2. The fraction of sp³-hybridized carbons (Fsp3) is 0. The van der Waals surface area contributed by atoms with E-state index in [1.807, 2.05) is 0 Å². The second-order valence-corrected chi connectivity index (χ2v) is 5.67. The summed E-state index contributed by atoms with van der Waals surface area (Å²) in [6.45, 7) is 0. The van der Waals surface area contributed by atoms with Gasteiger partial charge >= 0.3 is 5.97 Å². The van der Waals surface area contributed by atoms with Crippen LogP contribution in [0.3, 0.4) is 0 Å². The minimum absolute atomic E-state index is 0.0358. The largest absolute Gasteiger partial charge is 0.476 e. The first kappa shape index (κ1) is 12.5. The zero-order valence-corrected chi connectivity index (χ0v) is 10.4. The van der Waals surface area contributed by atoms with Gasteiger partial charge < -0.3 is 5.11 Å². The first-order valence-corrected chi connectivity index (χ1v) is 6.96. The topological polar surface area (TPSA) is 109 Å². The predicted molar refractivity (Wildman–Crippen MR) is 64.1 cm³/mol. The molecule has 0 radical (unpaired) electrons. The number of rotatable bonds is 4. The van der Waals surface area contributed by atoms with E-state index in [0.29, 0.717) is 0 Å². The second kappa shape index (κ2) is 4.70. The van der Waals surface area contributed by atoms with Crippen LogP contribution in [-0.4, -0.2) is 29.5 Å². The molecular formula is C9H7N3O4S2. The minimum Gasteiger partial charge on any atom is -0.476 e. The van der Waals surface area contributed by atoms with Crippen molar-refractivity contribution >= 4 is 32.3 Å². The molecule has 0 unspecified atom stereocenters. The molecule has 2 N–H and O–H groups in total. The number of pyridine rings is 1. The zero-order valence-electron chi connectivity index (χ0n) is 8.77. The number of carboxylic acid groups (broad SMARTS) is 1. The van der Waals surface area contributed by atoms with Gasteiger partial charge in [0.25, 0.3) is 10.0 Å². The molecule has 0 fully saturated rings. The maximum Gasteiger partial charge on any atom is 0.357 e. The third-order valence-electron chi connectivity index (χ3n) is 1.94. The lowest BCUT2D eigenvalue weighted by Gasteiger charge is -2.05. The van der Waals surface area contributed by atoms with E-state index in [0.717, 1.165) is 11.3 Å². The molecule has 0 saturated heterocycles. The van der Waals surface area contributed by atoms with E-state index in [2.05, 4.69) is 14.7 Å². The van der Waals surface area contributed by atoms with Gasteiger partial charge in [-0.1, -0.05) is 0 Å². The molecule has 0 atom stereocenters. The van der Waals surface area contributed by atoms with Crippen LogP contribution in [0.4, 0.5) is 5.00 Å². The third-order valence-corrected chi connectivity index (χ3v) is 4.15. The molecule has 9 heteroatoms. The summed E-state index contributed by atoms with van der Waals surface area (Å²) in [4.78, 5) is 18.0. The van der Waals surface area contributed by atoms with Gasteiger partial charge in [-0.25, -0.2) is 18.2 Å². The monoisotopic (exact) mass is 285 g/mol. The van der Waals surface area contributed by atoms with Crippen molar-refractivity contribution in [2.24, 2.45) is 0 Å². The van der Waals surface area contributed by atoms with Crippen LogP contribution >= 0.6 is 11.3 Å². The molecule has 0 aromatic carbocycles. The molecule has 0 aliphatic rings. The summed E-state index contributed by atoms with van der Waals surface area (Å²) in [5.41, 5.74) is 0.928. The van der Waals surface area contributed by atoms with E-state index >= 15 is 0 Å². The Bertz CT molecular complexity index is 666. The van der Waals surface area contributed by atoms with Crippen LogP contribution < -0.4 is 4.72 Å². The highest BCUT2D eigenvalue weighted by atomic mass is 32.2. The lowest BCUT2D eigenvalue weighted by molar-refractivity contribution is 0.0692. The summed E-state index contributed by atoms with van der Waals surface area (Å²) in [5.74, 6) is -1.29. The normalized spacial score (nSPS) is 11.1. The van der Waals surface area contributed by atoms with Crippen LogP contribution in [0.1, 0.15) is 10.5 Å². The van der Waals surface area contributed by atoms with Gasteiger partial charge in [-0.3, -0.25) is 9.71 Å². The van der Waals surface area contributed by atoms with Crippen LogP contribution in [-0.2, 0) is 10.0 Å². The Morgan fingerprint density at radius 3 is 2.83 bits per heavy atom. The van der Waals surface area contributed by atoms with E-state index in [4.69, 9.17) is 5.11 Å². The highest BCUT2D eigenvalue weighted by Gasteiger charge is 2.20. The van der Waals surface area contributed by atoms with Crippen molar-refractivity contribution in [1.82, 2.24) is 9.97 Å². The molecule has 0 spiro atoms. The molecule has 0 aliphatic carbocycles. The Morgan fingerprint density at radius 1 is 1.44 bits per heavy atom. The van der Waals surface area contributed by atoms with E-state index in [9.17, 15) is 13.2 Å². The summed E-state index contributed by atoms with van der Waals surface area (Å²) >= 11 is 0.897. The summed E-state index contributed by atoms with van der Waals surface area (Å²) < 4.78 is 26.0. The second-order valence-electron chi connectivity index (χ2n) is 3.13. The fourth-order valence-corrected chi connectivity index (χ4v) is 3.11. The van der Waals surface area contributed by atoms with E-state index in [-0.39, 0.29) is 15.6 Å². The van der Waals surface area contributed by atoms with Gasteiger partial charge in [-0.05, 0) is 12.1 Å². The number of hydrogen-bond acceptors (Lipinski definition) is 6. The first-order valence-electron chi connectivity index (χ1n) is 4.60. The Labute approximate surface area is 106 Å². The van der Waals surface area contributed by atoms with Crippen LogP contribution in [0.2, 0.25) is 0 Å². The number of thiazole rings is 1. The number of aromatic carboxylic acids is 1. The number of sulfonamides is 1. The number of carbonyl (C=O) groups is 1. The number of aromatic nitrogens is 2. The van der Waals surface area contributed by atoms with Crippen molar-refractivity contribution in [3.63, 3.8) is 0 Å². The van der Waals surface area contributed by atoms with Gasteiger partial charge in [0.1, 0.15) is 9.90 Å². The smallest absolute Gasteiger partial charge is 0.357 e. The first-order chi connectivity index (χ1) is 8.50. The molecule has 2 aromatic heterocycles. The quantitative estimate of drug-likeness (QED) is 0.868. The maximum atomic E-state index is 11.9. The molecule has 18 heavy (non-hydrogen) atoms. The molecular weight excluding hydrogens is 278 g/mol. The third kappa shape index (κ3) is 2.46. The van der Waals surface area contributed by atoms with Gasteiger partial charge in [-0.15, -0.1) is 11.3 Å². The molecule has 94 valence electrons. The number of anilines is 1. The van der Waals surface area contributed by atoms with Gasteiger partial charge in [0, 0.05) is 12.4 Å². The Balaban J connectivity index is 2.34. The Hall–Kier alpha value is -2.00. The van der Waals surface area contributed by atoms with Crippen molar-refractivity contribution < 1.29 is 18.3 Å². The van der Waals surface area contributed by atoms with E-state index in [1.165, 1.54) is 30.0 Å². The SMILES string of the molecule is O=C(O)c1ncsc1NS(=O)(=O)c1cccnc1. The van der Waals surface area contributed by atoms with Crippen molar-refractivity contribution in [3.8, 4) is 0 Å². The minimum atomic E-state index is -3.84. The van der Waals surface area contributed by atoms with Gasteiger partial charge in [0.15, 0.2) is 5.69 Å². The van der Waals surface area contributed by atoms with Crippen LogP contribution in [0, 0.1) is 0 Å². The van der Waals surface area contributed by atoms with Gasteiger partial charge in [0.2, 0.25) is 0 Å². The van der Waals surface area contributed by atoms with Crippen LogP contribution in [0.5, 0.6) is 0 Å². The van der Waals surface area contributed by atoms with Crippen molar-refractivity contribution in [2.75, 3.05) is 4.72 Å². The summed E-state index contributed by atoms with van der Waals surface area (Å²) in [7, 11) is -3.84. The molecule has 0 bridgehead atoms. The van der Waals surface area contributed by atoms with Gasteiger partial charge in [0.05, 0.1) is 5.51 Å². The fourth-order valence-electron chi connectivity index (χ4n) is 1.16. The standard InChI is InChI=1S/C9H7N3O4S2/c13-9(14)7-8(17-5-11-7)12-18(15,16)6-2-1-3-10-4-6/h1-5,12H,(H,13,14). The molecule has 0 amide bonds. The number of carboxylic acids is 1. The molecule has 0 aliphatic heterocycles. The molecule has 0 saturated carbocycles. The summed E-state index contributed by atoms with van der Waals surface area (Å²) in [5, 5.41) is 8.78. The van der Waals surface area contributed by atoms with Crippen molar-refractivity contribution in [2.45, 2.75) is 4.90 Å². The van der Waals surface area contributed by atoms with Gasteiger partial charge in [-0.2, -0.15) is 0 Å². The lowest BCUT2D eigenvalue weighted by Crippen LogP contribution is -2.14. The Morgan fingerprint density at radius 2 is 2.22 bits per heavy atom. The summed E-state index contributed by atoms with van der Waals surface area (Å²) in [6, 6.07) is 2.83. The number of nitrogens with one attached hydrogen (secondary N) is 1. The van der Waals surface area contributed by atoms with Crippen molar-refractivity contribution in [3.05, 3.63) is 35.7 Å². The summed E-state index contributed by atoms with van der Waals surface area (Å²) in [6.07, 6.45) is 2.61. The zero-order chi connectivity index (χ0) is 13.2. The average Bonchev–Trinajstić information content (AvgIpc) is 2.78. The molecule has 2 rings (SSSR count).